The molecular weight excluding hydrogens is 136 g/mol. The SMILES string of the molecule is C=C[C](C(N)C=C)C(N)C=C. The predicted octanol–water partition coefficient (Wildman–Crippen LogP) is 0.773. The van der Waals surface area contributed by atoms with Crippen molar-refractivity contribution < 1.29 is 0 Å². The number of nitrogens with two attached hydrogens (primary N) is 2. The van der Waals surface area contributed by atoms with Crippen LogP contribution in [0.2, 0.25) is 0 Å². The molecule has 0 rings (SSSR count). The maximum absolute atomic E-state index is 5.65. The summed E-state index contributed by atoms with van der Waals surface area (Å²) < 4.78 is 0. The van der Waals surface area contributed by atoms with Gasteiger partial charge in [-0.2, -0.15) is 0 Å². The summed E-state index contributed by atoms with van der Waals surface area (Å²) in [5.41, 5.74) is 11.3. The van der Waals surface area contributed by atoms with E-state index in [9.17, 15) is 0 Å². The lowest BCUT2D eigenvalue weighted by atomic mass is 9.93. The maximum atomic E-state index is 5.65. The highest BCUT2D eigenvalue weighted by atomic mass is 14.7. The summed E-state index contributed by atoms with van der Waals surface area (Å²) in [6, 6.07) is -0.444. The normalized spacial score (nSPS) is 15.5. The Labute approximate surface area is 68.3 Å². The predicted molar refractivity (Wildman–Crippen MR) is 49.8 cm³/mol. The van der Waals surface area contributed by atoms with Gasteiger partial charge in [0.1, 0.15) is 0 Å². The van der Waals surface area contributed by atoms with Crippen LogP contribution in [0.25, 0.3) is 0 Å². The van der Waals surface area contributed by atoms with Crippen LogP contribution in [-0.4, -0.2) is 12.1 Å². The van der Waals surface area contributed by atoms with E-state index in [0.717, 1.165) is 5.92 Å². The molecule has 1 radical (unpaired) electrons. The standard InChI is InChI=1S/C9H15N2/c1-4-7(8(10)5-2)9(11)6-3/h4-6,8-9H,1-3,10-11H2. The molecule has 0 aromatic carbocycles. The fourth-order valence-corrected chi connectivity index (χ4v) is 0.767. The molecule has 11 heavy (non-hydrogen) atoms. The molecule has 2 unspecified atom stereocenters. The third kappa shape index (κ3) is 2.70. The largest absolute Gasteiger partial charge is 0.324 e. The Hall–Kier alpha value is -0.860. The van der Waals surface area contributed by atoms with Crippen molar-refractivity contribution >= 4 is 0 Å². The van der Waals surface area contributed by atoms with Crippen LogP contribution in [0.3, 0.4) is 0 Å². The molecule has 4 N–H and O–H groups in total. The minimum atomic E-state index is -0.222. The number of hydrogen-bond donors (Lipinski definition) is 2. The van der Waals surface area contributed by atoms with Crippen molar-refractivity contribution in [2.75, 3.05) is 0 Å². The van der Waals surface area contributed by atoms with Gasteiger partial charge in [-0.3, -0.25) is 0 Å². The van der Waals surface area contributed by atoms with E-state index in [-0.39, 0.29) is 12.1 Å². The Morgan fingerprint density at radius 1 is 1.00 bits per heavy atom. The highest BCUT2D eigenvalue weighted by molar-refractivity contribution is 5.26. The van der Waals surface area contributed by atoms with Crippen LogP contribution in [0.1, 0.15) is 0 Å². The molecule has 61 valence electrons. The van der Waals surface area contributed by atoms with Crippen LogP contribution in [0.4, 0.5) is 0 Å². The van der Waals surface area contributed by atoms with Gasteiger partial charge in [-0.1, -0.05) is 18.2 Å². The average Bonchev–Trinajstić information content (AvgIpc) is 2.05. The third-order valence-electron chi connectivity index (χ3n) is 1.51. The van der Waals surface area contributed by atoms with Gasteiger partial charge in [0.2, 0.25) is 0 Å². The van der Waals surface area contributed by atoms with Gasteiger partial charge in [0, 0.05) is 18.0 Å². The Bertz CT molecular complexity index is 138. The highest BCUT2D eigenvalue weighted by Gasteiger charge is 2.17. The lowest BCUT2D eigenvalue weighted by Gasteiger charge is -2.20. The van der Waals surface area contributed by atoms with Gasteiger partial charge in [0.05, 0.1) is 0 Å². The molecule has 0 heterocycles. The molecule has 0 aliphatic rings. The van der Waals surface area contributed by atoms with Crippen molar-refractivity contribution in [3.05, 3.63) is 43.9 Å². The summed E-state index contributed by atoms with van der Waals surface area (Å²) in [6.45, 7) is 10.7. The molecule has 0 bridgehead atoms. The summed E-state index contributed by atoms with van der Waals surface area (Å²) >= 11 is 0. The molecular formula is C9H15N2. The zero-order valence-corrected chi connectivity index (χ0v) is 6.66. The first kappa shape index (κ1) is 10.1. The van der Waals surface area contributed by atoms with Gasteiger partial charge >= 0.3 is 0 Å². The molecule has 0 aliphatic heterocycles. The van der Waals surface area contributed by atoms with Crippen molar-refractivity contribution in [1.29, 1.82) is 0 Å². The Balaban J connectivity index is 4.24. The van der Waals surface area contributed by atoms with E-state index in [1.807, 2.05) is 0 Å². The van der Waals surface area contributed by atoms with Crippen LogP contribution in [0.15, 0.2) is 38.0 Å². The van der Waals surface area contributed by atoms with Crippen LogP contribution >= 0.6 is 0 Å². The molecule has 2 atom stereocenters. The van der Waals surface area contributed by atoms with Crippen molar-refractivity contribution in [3.8, 4) is 0 Å². The minimum absolute atomic E-state index is 0.222. The van der Waals surface area contributed by atoms with Gasteiger partial charge in [0.15, 0.2) is 0 Å². The molecule has 0 fully saturated rings. The van der Waals surface area contributed by atoms with E-state index in [0.29, 0.717) is 0 Å². The second-order valence-corrected chi connectivity index (χ2v) is 2.23. The molecule has 2 nitrogen and oxygen atoms in total. The topological polar surface area (TPSA) is 52.0 Å². The molecule has 0 spiro atoms. The van der Waals surface area contributed by atoms with Gasteiger partial charge in [-0.05, 0) is 0 Å². The zero-order chi connectivity index (χ0) is 8.85. The van der Waals surface area contributed by atoms with Gasteiger partial charge in [-0.15, -0.1) is 19.7 Å². The Morgan fingerprint density at radius 2 is 1.36 bits per heavy atom. The molecule has 0 aromatic rings. The Morgan fingerprint density at radius 3 is 1.55 bits per heavy atom. The lowest BCUT2D eigenvalue weighted by molar-refractivity contribution is 0.743. The van der Waals surface area contributed by atoms with Crippen LogP contribution < -0.4 is 11.5 Å². The van der Waals surface area contributed by atoms with Crippen LogP contribution in [-0.2, 0) is 0 Å². The fourth-order valence-electron chi connectivity index (χ4n) is 0.767. The van der Waals surface area contributed by atoms with E-state index in [1.165, 1.54) is 0 Å². The monoisotopic (exact) mass is 151 g/mol. The van der Waals surface area contributed by atoms with Crippen molar-refractivity contribution in [2.45, 2.75) is 12.1 Å². The van der Waals surface area contributed by atoms with E-state index in [2.05, 4.69) is 19.7 Å². The van der Waals surface area contributed by atoms with Crippen molar-refractivity contribution in [1.82, 2.24) is 0 Å². The summed E-state index contributed by atoms with van der Waals surface area (Å²) in [5.74, 6) is 0.843. The van der Waals surface area contributed by atoms with Gasteiger partial charge < -0.3 is 11.5 Å². The molecule has 0 aliphatic carbocycles. The van der Waals surface area contributed by atoms with Crippen LogP contribution in [0.5, 0.6) is 0 Å². The first-order valence-corrected chi connectivity index (χ1v) is 3.42. The first-order valence-electron chi connectivity index (χ1n) is 3.42. The molecule has 0 saturated heterocycles. The van der Waals surface area contributed by atoms with Gasteiger partial charge in [-0.25, -0.2) is 0 Å². The van der Waals surface area contributed by atoms with E-state index < -0.39 is 0 Å². The molecule has 2 heteroatoms. The van der Waals surface area contributed by atoms with Gasteiger partial charge in [0.25, 0.3) is 0 Å². The first-order chi connectivity index (χ1) is 5.17. The molecule has 0 amide bonds. The number of hydrogen-bond acceptors (Lipinski definition) is 2. The van der Waals surface area contributed by atoms with E-state index in [4.69, 9.17) is 11.5 Å². The Kier molecular flexibility index (Phi) is 4.50. The quantitative estimate of drug-likeness (QED) is 0.570. The smallest absolute Gasteiger partial charge is 0.0380 e. The van der Waals surface area contributed by atoms with Crippen LogP contribution in [0, 0.1) is 5.92 Å². The summed E-state index contributed by atoms with van der Waals surface area (Å²) in [4.78, 5) is 0. The highest BCUT2D eigenvalue weighted by Crippen LogP contribution is 2.11. The summed E-state index contributed by atoms with van der Waals surface area (Å²) in [5, 5.41) is 0. The van der Waals surface area contributed by atoms with Crippen molar-refractivity contribution in [2.24, 2.45) is 11.5 Å². The molecule has 0 saturated carbocycles. The fraction of sp³-hybridized carbons (Fsp3) is 0.222. The van der Waals surface area contributed by atoms with E-state index >= 15 is 0 Å². The summed E-state index contributed by atoms with van der Waals surface area (Å²) in [7, 11) is 0. The maximum Gasteiger partial charge on any atom is 0.0380 e. The zero-order valence-electron chi connectivity index (χ0n) is 6.66. The second kappa shape index (κ2) is 4.88. The average molecular weight is 151 g/mol. The molecule has 0 aromatic heterocycles. The number of rotatable bonds is 5. The second-order valence-electron chi connectivity index (χ2n) is 2.23. The minimum Gasteiger partial charge on any atom is -0.324 e. The van der Waals surface area contributed by atoms with Crippen molar-refractivity contribution in [3.63, 3.8) is 0 Å². The summed E-state index contributed by atoms with van der Waals surface area (Å²) in [6.07, 6.45) is 4.90. The third-order valence-corrected chi connectivity index (χ3v) is 1.51. The lowest BCUT2D eigenvalue weighted by Crippen LogP contribution is -2.37. The van der Waals surface area contributed by atoms with E-state index in [1.54, 1.807) is 18.2 Å².